The molecule has 1 aliphatic rings. The van der Waals surface area contributed by atoms with Crippen LogP contribution in [0.4, 0.5) is 0 Å². The highest BCUT2D eigenvalue weighted by atomic mass is 16.5. The lowest BCUT2D eigenvalue weighted by atomic mass is 10.2. The fourth-order valence-electron chi connectivity index (χ4n) is 1.96. The highest BCUT2D eigenvalue weighted by Crippen LogP contribution is 2.00. The van der Waals surface area contributed by atoms with E-state index in [4.69, 9.17) is 4.74 Å². The van der Waals surface area contributed by atoms with Gasteiger partial charge in [0.15, 0.2) is 0 Å². The number of benzene rings is 1. The van der Waals surface area contributed by atoms with Crippen molar-refractivity contribution in [3.05, 3.63) is 42.0 Å². The highest BCUT2D eigenvalue weighted by molar-refractivity contribution is 5.91. The molecule has 1 aliphatic heterocycles. The van der Waals surface area contributed by atoms with Crippen LogP contribution in [0.2, 0.25) is 0 Å². The molecule has 102 valence electrons. The van der Waals surface area contributed by atoms with Crippen LogP contribution < -0.4 is 5.32 Å². The molecule has 1 saturated heterocycles. The predicted octanol–water partition coefficient (Wildman–Crippen LogP) is 1.15. The minimum Gasteiger partial charge on any atom is -0.379 e. The van der Waals surface area contributed by atoms with E-state index in [1.54, 1.807) is 6.08 Å². The van der Waals surface area contributed by atoms with Crippen molar-refractivity contribution in [1.29, 1.82) is 0 Å². The van der Waals surface area contributed by atoms with Crippen molar-refractivity contribution in [2.45, 2.75) is 0 Å². The summed E-state index contributed by atoms with van der Waals surface area (Å²) in [5, 5.41) is 2.89. The Morgan fingerprint density at radius 1 is 1.26 bits per heavy atom. The van der Waals surface area contributed by atoms with E-state index in [9.17, 15) is 4.79 Å². The molecule has 2 rings (SSSR count). The Balaban J connectivity index is 1.65. The SMILES string of the molecule is O=C(/C=C\c1ccccc1)NCCN1CCOCC1. The van der Waals surface area contributed by atoms with E-state index in [0.29, 0.717) is 6.54 Å². The minimum atomic E-state index is -0.0443. The molecule has 0 unspecified atom stereocenters. The van der Waals surface area contributed by atoms with Gasteiger partial charge in [0.1, 0.15) is 0 Å². The molecule has 1 aromatic rings. The van der Waals surface area contributed by atoms with E-state index in [0.717, 1.165) is 38.4 Å². The number of amides is 1. The van der Waals surface area contributed by atoms with Crippen LogP contribution >= 0.6 is 0 Å². The number of nitrogens with one attached hydrogen (secondary N) is 1. The zero-order valence-electron chi connectivity index (χ0n) is 11.0. The molecule has 1 N–H and O–H groups in total. The molecule has 1 fully saturated rings. The molecule has 0 saturated carbocycles. The quantitative estimate of drug-likeness (QED) is 0.807. The highest BCUT2D eigenvalue weighted by Gasteiger charge is 2.09. The molecular formula is C15H20N2O2. The molecule has 0 bridgehead atoms. The van der Waals surface area contributed by atoms with Gasteiger partial charge in [0.25, 0.3) is 0 Å². The Hall–Kier alpha value is -1.65. The maximum atomic E-state index is 11.6. The average Bonchev–Trinajstić information content (AvgIpc) is 2.47. The maximum Gasteiger partial charge on any atom is 0.244 e. The second-order valence-electron chi connectivity index (χ2n) is 4.49. The largest absolute Gasteiger partial charge is 0.379 e. The number of ether oxygens (including phenoxy) is 1. The van der Waals surface area contributed by atoms with Gasteiger partial charge in [0.2, 0.25) is 5.91 Å². The predicted molar refractivity (Wildman–Crippen MR) is 75.7 cm³/mol. The van der Waals surface area contributed by atoms with Gasteiger partial charge in [0.05, 0.1) is 13.2 Å². The van der Waals surface area contributed by atoms with Crippen LogP contribution in [0.3, 0.4) is 0 Å². The Labute approximate surface area is 114 Å². The third-order valence-corrected chi connectivity index (χ3v) is 3.06. The first-order valence-corrected chi connectivity index (χ1v) is 6.66. The van der Waals surface area contributed by atoms with Crippen LogP contribution in [-0.4, -0.2) is 50.2 Å². The van der Waals surface area contributed by atoms with Crippen LogP contribution in [0.25, 0.3) is 6.08 Å². The number of hydrogen-bond acceptors (Lipinski definition) is 3. The molecule has 1 heterocycles. The first kappa shape index (κ1) is 13.8. The van der Waals surface area contributed by atoms with Crippen molar-refractivity contribution >= 4 is 12.0 Å². The van der Waals surface area contributed by atoms with Crippen molar-refractivity contribution < 1.29 is 9.53 Å². The van der Waals surface area contributed by atoms with E-state index < -0.39 is 0 Å². The van der Waals surface area contributed by atoms with Crippen molar-refractivity contribution in [3.8, 4) is 0 Å². The number of hydrogen-bond donors (Lipinski definition) is 1. The summed E-state index contributed by atoms with van der Waals surface area (Å²) >= 11 is 0. The number of carbonyl (C=O) groups excluding carboxylic acids is 1. The lowest BCUT2D eigenvalue weighted by Gasteiger charge is -2.26. The van der Waals surface area contributed by atoms with Crippen LogP contribution in [0.5, 0.6) is 0 Å². The van der Waals surface area contributed by atoms with E-state index in [1.807, 2.05) is 36.4 Å². The van der Waals surface area contributed by atoms with Crippen molar-refractivity contribution in [2.24, 2.45) is 0 Å². The molecule has 0 spiro atoms. The second-order valence-corrected chi connectivity index (χ2v) is 4.49. The molecule has 4 heteroatoms. The van der Waals surface area contributed by atoms with Gasteiger partial charge in [-0.3, -0.25) is 9.69 Å². The first-order chi connectivity index (χ1) is 9.34. The summed E-state index contributed by atoms with van der Waals surface area (Å²) in [6.07, 6.45) is 3.40. The van der Waals surface area contributed by atoms with Gasteiger partial charge in [-0.1, -0.05) is 30.3 Å². The van der Waals surface area contributed by atoms with Gasteiger partial charge in [-0.05, 0) is 11.6 Å². The minimum absolute atomic E-state index is 0.0443. The second kappa shape index (κ2) is 7.71. The number of morpholine rings is 1. The van der Waals surface area contributed by atoms with Gasteiger partial charge in [-0.15, -0.1) is 0 Å². The summed E-state index contributed by atoms with van der Waals surface area (Å²) in [6.45, 7) is 5.06. The summed E-state index contributed by atoms with van der Waals surface area (Å²) in [4.78, 5) is 13.9. The summed E-state index contributed by atoms with van der Waals surface area (Å²) in [5.41, 5.74) is 1.03. The molecule has 4 nitrogen and oxygen atoms in total. The number of nitrogens with zero attached hydrogens (tertiary/aromatic N) is 1. The third-order valence-electron chi connectivity index (χ3n) is 3.06. The molecule has 1 amide bonds. The molecule has 0 aliphatic carbocycles. The van der Waals surface area contributed by atoms with E-state index in [-0.39, 0.29) is 5.91 Å². The molecule has 0 radical (unpaired) electrons. The van der Waals surface area contributed by atoms with Crippen molar-refractivity contribution in [1.82, 2.24) is 10.2 Å². The first-order valence-electron chi connectivity index (χ1n) is 6.66. The lowest BCUT2D eigenvalue weighted by molar-refractivity contribution is -0.116. The molecule has 19 heavy (non-hydrogen) atoms. The van der Waals surface area contributed by atoms with Gasteiger partial charge in [-0.25, -0.2) is 0 Å². The van der Waals surface area contributed by atoms with Gasteiger partial charge in [-0.2, -0.15) is 0 Å². The summed E-state index contributed by atoms with van der Waals surface area (Å²) in [7, 11) is 0. The van der Waals surface area contributed by atoms with Crippen LogP contribution in [0.15, 0.2) is 36.4 Å². The molecule has 0 aromatic heterocycles. The Bertz CT molecular complexity index is 411. The number of rotatable bonds is 5. The van der Waals surface area contributed by atoms with E-state index >= 15 is 0 Å². The lowest BCUT2D eigenvalue weighted by Crippen LogP contribution is -2.41. The zero-order chi connectivity index (χ0) is 13.3. The van der Waals surface area contributed by atoms with E-state index in [1.165, 1.54) is 0 Å². The molecule has 0 atom stereocenters. The maximum absolute atomic E-state index is 11.6. The standard InChI is InChI=1S/C15H20N2O2/c18-15(7-6-14-4-2-1-3-5-14)16-8-9-17-10-12-19-13-11-17/h1-7H,8-13H2,(H,16,18)/b7-6-. The van der Waals surface area contributed by atoms with Gasteiger partial charge in [0, 0.05) is 32.3 Å². The van der Waals surface area contributed by atoms with Crippen molar-refractivity contribution in [2.75, 3.05) is 39.4 Å². The Kier molecular flexibility index (Phi) is 5.59. The Morgan fingerprint density at radius 3 is 2.74 bits per heavy atom. The van der Waals surface area contributed by atoms with Crippen LogP contribution in [0.1, 0.15) is 5.56 Å². The summed E-state index contributed by atoms with van der Waals surface area (Å²) in [5.74, 6) is -0.0443. The average molecular weight is 260 g/mol. The van der Waals surface area contributed by atoms with Gasteiger partial charge < -0.3 is 10.1 Å². The summed E-state index contributed by atoms with van der Waals surface area (Å²) < 4.78 is 5.27. The molecular weight excluding hydrogens is 240 g/mol. The molecule has 1 aromatic carbocycles. The fourth-order valence-corrected chi connectivity index (χ4v) is 1.96. The Morgan fingerprint density at radius 2 is 2.00 bits per heavy atom. The monoisotopic (exact) mass is 260 g/mol. The van der Waals surface area contributed by atoms with Crippen molar-refractivity contribution in [3.63, 3.8) is 0 Å². The van der Waals surface area contributed by atoms with Crippen LogP contribution in [0, 0.1) is 0 Å². The van der Waals surface area contributed by atoms with Gasteiger partial charge >= 0.3 is 0 Å². The zero-order valence-corrected chi connectivity index (χ0v) is 11.0. The number of carbonyl (C=O) groups is 1. The smallest absolute Gasteiger partial charge is 0.244 e. The van der Waals surface area contributed by atoms with Crippen LogP contribution in [-0.2, 0) is 9.53 Å². The summed E-state index contributed by atoms with van der Waals surface area (Å²) in [6, 6.07) is 9.81. The van der Waals surface area contributed by atoms with E-state index in [2.05, 4.69) is 10.2 Å². The third kappa shape index (κ3) is 5.24. The fraction of sp³-hybridized carbons (Fsp3) is 0.400. The topological polar surface area (TPSA) is 41.6 Å². The normalized spacial score (nSPS) is 16.6.